The number of halogens is 1. The lowest BCUT2D eigenvalue weighted by atomic mass is 9.98. The van der Waals surface area contributed by atoms with E-state index in [0.717, 1.165) is 28.5 Å². The van der Waals surface area contributed by atoms with Gasteiger partial charge in [-0.2, -0.15) is 5.48 Å². The largest absolute Gasteiger partial charge is 0.505 e. The third-order valence-corrected chi connectivity index (χ3v) is 5.04. The van der Waals surface area contributed by atoms with Gasteiger partial charge in [-0.25, -0.2) is 0 Å². The number of phenolic OH excluding ortho intramolecular Hbond substituents is 1. The topological polar surface area (TPSA) is 71.5 Å². The highest BCUT2D eigenvalue weighted by molar-refractivity contribution is 6.36. The molecule has 0 aliphatic carbocycles. The SMILES string of the molecule is CC(=O)NOc1ccc(Cc2ccc(-c3cc(Cl)c4cccnc4c3O)cc2)cc1. The number of phenols is 1. The summed E-state index contributed by atoms with van der Waals surface area (Å²) in [6, 6.07) is 20.9. The molecule has 6 heteroatoms. The van der Waals surface area contributed by atoms with Crippen LogP contribution in [0.4, 0.5) is 0 Å². The monoisotopic (exact) mass is 418 g/mol. The van der Waals surface area contributed by atoms with E-state index in [9.17, 15) is 9.90 Å². The number of hydroxylamine groups is 1. The van der Waals surface area contributed by atoms with Crippen molar-refractivity contribution in [2.24, 2.45) is 0 Å². The van der Waals surface area contributed by atoms with E-state index >= 15 is 0 Å². The van der Waals surface area contributed by atoms with Crippen molar-refractivity contribution in [3.05, 3.63) is 89.1 Å². The standard InChI is InChI=1S/C24H19ClN2O3/c1-15(28)27-30-19-10-6-17(7-11-19)13-16-4-8-18(9-5-16)21-14-22(25)20-3-2-12-26-23(20)24(21)29/h2-12,14,29H,13H2,1H3,(H,27,28). The minimum atomic E-state index is -0.256. The van der Waals surface area contributed by atoms with Crippen LogP contribution in [0.3, 0.4) is 0 Å². The first kappa shape index (κ1) is 19.7. The van der Waals surface area contributed by atoms with Crippen molar-refractivity contribution in [1.29, 1.82) is 0 Å². The molecule has 0 radical (unpaired) electrons. The van der Waals surface area contributed by atoms with Crippen molar-refractivity contribution in [3.63, 3.8) is 0 Å². The summed E-state index contributed by atoms with van der Waals surface area (Å²) in [4.78, 5) is 20.3. The Hall–Kier alpha value is -3.57. The Morgan fingerprint density at radius 3 is 2.40 bits per heavy atom. The van der Waals surface area contributed by atoms with Crippen LogP contribution >= 0.6 is 11.6 Å². The fraction of sp³-hybridized carbons (Fsp3) is 0.0833. The maximum Gasteiger partial charge on any atom is 0.249 e. The molecule has 3 aromatic carbocycles. The predicted octanol–water partition coefficient (Wildman–Crippen LogP) is 5.28. The molecule has 4 rings (SSSR count). The minimum Gasteiger partial charge on any atom is -0.505 e. The first-order valence-electron chi connectivity index (χ1n) is 9.39. The number of carbonyl (C=O) groups is 1. The average molecular weight is 419 g/mol. The molecule has 0 saturated heterocycles. The van der Waals surface area contributed by atoms with Crippen LogP contribution < -0.4 is 10.3 Å². The molecule has 5 nitrogen and oxygen atoms in total. The Bertz CT molecular complexity index is 1210. The molecule has 0 unspecified atom stereocenters. The van der Waals surface area contributed by atoms with Crippen molar-refractivity contribution in [2.45, 2.75) is 13.3 Å². The van der Waals surface area contributed by atoms with Gasteiger partial charge in [-0.05, 0) is 53.4 Å². The molecule has 1 amide bonds. The van der Waals surface area contributed by atoms with E-state index in [1.54, 1.807) is 18.3 Å². The molecule has 0 aliphatic heterocycles. The van der Waals surface area contributed by atoms with Gasteiger partial charge in [-0.1, -0.05) is 48.0 Å². The number of pyridine rings is 1. The molecular weight excluding hydrogens is 400 g/mol. The second-order valence-corrected chi connectivity index (χ2v) is 7.34. The maximum absolute atomic E-state index is 10.9. The quantitative estimate of drug-likeness (QED) is 0.432. The number of nitrogens with one attached hydrogen (secondary N) is 1. The fourth-order valence-corrected chi connectivity index (χ4v) is 3.51. The average Bonchev–Trinajstić information content (AvgIpc) is 2.76. The van der Waals surface area contributed by atoms with E-state index in [4.69, 9.17) is 16.4 Å². The molecule has 1 aromatic heterocycles. The zero-order valence-electron chi connectivity index (χ0n) is 16.2. The van der Waals surface area contributed by atoms with Crippen LogP contribution in [0.15, 0.2) is 72.9 Å². The molecule has 0 saturated carbocycles. The molecule has 0 bridgehead atoms. The van der Waals surface area contributed by atoms with Crippen molar-refractivity contribution >= 4 is 28.4 Å². The number of aromatic nitrogens is 1. The van der Waals surface area contributed by atoms with Gasteiger partial charge < -0.3 is 9.94 Å². The van der Waals surface area contributed by atoms with E-state index in [0.29, 0.717) is 21.9 Å². The maximum atomic E-state index is 10.9. The van der Waals surface area contributed by atoms with Crippen LogP contribution in [0.2, 0.25) is 5.02 Å². The number of hydrogen-bond acceptors (Lipinski definition) is 4. The molecule has 30 heavy (non-hydrogen) atoms. The van der Waals surface area contributed by atoms with E-state index in [2.05, 4.69) is 10.5 Å². The fourth-order valence-electron chi connectivity index (χ4n) is 3.25. The molecular formula is C24H19ClN2O3. The first-order chi connectivity index (χ1) is 14.5. The van der Waals surface area contributed by atoms with E-state index in [1.165, 1.54) is 6.92 Å². The summed E-state index contributed by atoms with van der Waals surface area (Å²) in [7, 11) is 0. The molecule has 0 atom stereocenters. The van der Waals surface area contributed by atoms with Gasteiger partial charge in [0.1, 0.15) is 11.3 Å². The second-order valence-electron chi connectivity index (χ2n) is 6.93. The first-order valence-corrected chi connectivity index (χ1v) is 9.77. The number of aromatic hydroxyl groups is 1. The third kappa shape index (κ3) is 4.21. The lowest BCUT2D eigenvalue weighted by molar-refractivity contribution is -0.125. The van der Waals surface area contributed by atoms with E-state index in [-0.39, 0.29) is 11.7 Å². The number of carbonyl (C=O) groups excluding carboxylic acids is 1. The zero-order chi connectivity index (χ0) is 21.1. The summed E-state index contributed by atoms with van der Waals surface area (Å²) in [5.41, 5.74) is 6.54. The van der Waals surface area contributed by atoms with Crippen molar-refractivity contribution < 1.29 is 14.7 Å². The Labute approximate surface area is 178 Å². The van der Waals surface area contributed by atoms with Gasteiger partial charge in [-0.3, -0.25) is 9.78 Å². The molecule has 0 fully saturated rings. The Morgan fingerprint density at radius 1 is 1.07 bits per heavy atom. The summed E-state index contributed by atoms with van der Waals surface area (Å²) in [6.45, 7) is 1.39. The van der Waals surface area contributed by atoms with Gasteiger partial charge in [0.25, 0.3) is 0 Å². The van der Waals surface area contributed by atoms with Gasteiger partial charge in [0.05, 0.1) is 5.02 Å². The van der Waals surface area contributed by atoms with Crippen LogP contribution in [-0.2, 0) is 11.2 Å². The zero-order valence-corrected chi connectivity index (χ0v) is 17.0. The van der Waals surface area contributed by atoms with Gasteiger partial charge in [0.2, 0.25) is 5.91 Å². The van der Waals surface area contributed by atoms with E-state index < -0.39 is 0 Å². The number of benzene rings is 3. The number of amides is 1. The third-order valence-electron chi connectivity index (χ3n) is 4.72. The van der Waals surface area contributed by atoms with Crippen molar-refractivity contribution in [2.75, 3.05) is 0 Å². The molecule has 2 N–H and O–H groups in total. The predicted molar refractivity (Wildman–Crippen MR) is 118 cm³/mol. The van der Waals surface area contributed by atoms with Gasteiger partial charge in [0, 0.05) is 24.1 Å². The molecule has 0 aliphatic rings. The Balaban J connectivity index is 1.53. The molecule has 0 spiro atoms. The highest BCUT2D eigenvalue weighted by atomic mass is 35.5. The number of rotatable bonds is 5. The summed E-state index contributed by atoms with van der Waals surface area (Å²) < 4.78 is 0. The number of nitrogens with zero attached hydrogens (tertiary/aromatic N) is 1. The van der Waals surface area contributed by atoms with Crippen molar-refractivity contribution in [3.8, 4) is 22.6 Å². The van der Waals surface area contributed by atoms with Gasteiger partial charge >= 0.3 is 0 Å². The minimum absolute atomic E-state index is 0.123. The summed E-state index contributed by atoms with van der Waals surface area (Å²) in [5, 5.41) is 12.0. The van der Waals surface area contributed by atoms with E-state index in [1.807, 2.05) is 54.6 Å². The Kier molecular flexibility index (Phi) is 5.55. The molecule has 4 aromatic rings. The highest BCUT2D eigenvalue weighted by Gasteiger charge is 2.13. The molecule has 1 heterocycles. The number of fused-ring (bicyclic) bond motifs is 1. The highest BCUT2D eigenvalue weighted by Crippen LogP contribution is 2.38. The summed E-state index contributed by atoms with van der Waals surface area (Å²) >= 11 is 6.39. The van der Waals surface area contributed by atoms with Gasteiger partial charge in [-0.15, -0.1) is 0 Å². The Morgan fingerprint density at radius 2 is 1.73 bits per heavy atom. The van der Waals surface area contributed by atoms with Crippen LogP contribution in [0.25, 0.3) is 22.0 Å². The second kappa shape index (κ2) is 8.43. The van der Waals surface area contributed by atoms with Crippen LogP contribution in [-0.4, -0.2) is 16.0 Å². The van der Waals surface area contributed by atoms with Gasteiger partial charge in [0.15, 0.2) is 5.75 Å². The van der Waals surface area contributed by atoms with Crippen LogP contribution in [0, 0.1) is 0 Å². The van der Waals surface area contributed by atoms with Crippen LogP contribution in [0.5, 0.6) is 11.5 Å². The normalized spacial score (nSPS) is 10.7. The van der Waals surface area contributed by atoms with Crippen molar-refractivity contribution in [1.82, 2.24) is 10.5 Å². The van der Waals surface area contributed by atoms with Crippen LogP contribution in [0.1, 0.15) is 18.1 Å². The smallest absolute Gasteiger partial charge is 0.249 e. The molecule has 150 valence electrons. The lowest BCUT2D eigenvalue weighted by Gasteiger charge is -2.10. The lowest BCUT2D eigenvalue weighted by Crippen LogP contribution is -2.23. The number of hydrogen-bond donors (Lipinski definition) is 2. The summed E-state index contributed by atoms with van der Waals surface area (Å²) in [6.07, 6.45) is 2.38. The summed E-state index contributed by atoms with van der Waals surface area (Å²) in [5.74, 6) is 0.438.